The molecular weight excluding hydrogens is 483 g/mol. The third-order valence-electron chi connectivity index (χ3n) is 6.25. The van der Waals surface area contributed by atoms with E-state index in [0.29, 0.717) is 43.0 Å². The van der Waals surface area contributed by atoms with Gasteiger partial charge in [-0.1, -0.05) is 23.7 Å². The molecule has 0 saturated carbocycles. The average Bonchev–Trinajstić information content (AvgIpc) is 3.24. The Morgan fingerprint density at radius 3 is 2.51 bits per heavy atom. The molecule has 2 unspecified atom stereocenters. The summed E-state index contributed by atoms with van der Waals surface area (Å²) in [6, 6.07) is 5.99. The van der Waals surface area contributed by atoms with Crippen LogP contribution in [0.15, 0.2) is 29.4 Å². The maximum atomic E-state index is 13.5. The molecule has 1 fully saturated rings. The molecule has 7 nitrogen and oxygen atoms in total. The first kappa shape index (κ1) is 25.0. The summed E-state index contributed by atoms with van der Waals surface area (Å²) < 4.78 is 46.1. The minimum atomic E-state index is -4.63. The van der Waals surface area contributed by atoms with Crippen molar-refractivity contribution in [2.24, 2.45) is 16.8 Å². The molecular formula is C24H25ClF3N5O2. The third-order valence-corrected chi connectivity index (χ3v) is 6.67. The number of carbonyl (C=O) groups is 1. The van der Waals surface area contributed by atoms with E-state index in [1.165, 1.54) is 18.3 Å². The normalized spacial score (nSPS) is 21.2. The van der Waals surface area contributed by atoms with Crippen molar-refractivity contribution in [1.29, 1.82) is 5.26 Å². The fourth-order valence-electron chi connectivity index (χ4n) is 4.68. The number of aromatic nitrogens is 2. The van der Waals surface area contributed by atoms with Gasteiger partial charge in [-0.3, -0.25) is 5.10 Å². The second-order valence-corrected chi connectivity index (χ2v) is 10.1. The van der Waals surface area contributed by atoms with Gasteiger partial charge in [-0.05, 0) is 45.2 Å². The van der Waals surface area contributed by atoms with E-state index in [-0.39, 0.29) is 11.5 Å². The SMILES string of the molecule is CC(C)(C)OC(=O)N1CCC(C2=Nc3[nH]ncc3C(c3cccc(C(F)(F)F)c3Cl)C2C#N)CC1. The number of carbonyl (C=O) groups excluding carboxylic acids is 1. The lowest BCUT2D eigenvalue weighted by atomic mass is 9.73. The van der Waals surface area contributed by atoms with Crippen molar-refractivity contribution in [3.8, 4) is 6.07 Å². The Kier molecular flexibility index (Phi) is 6.58. The van der Waals surface area contributed by atoms with Crippen LogP contribution in [0, 0.1) is 23.2 Å². The molecule has 1 aromatic carbocycles. The van der Waals surface area contributed by atoms with Crippen LogP contribution in [0.2, 0.25) is 5.02 Å². The molecule has 1 N–H and O–H groups in total. The van der Waals surface area contributed by atoms with Crippen LogP contribution in [-0.2, 0) is 10.9 Å². The molecule has 2 aliphatic heterocycles. The Balaban J connectivity index is 1.65. The van der Waals surface area contributed by atoms with Crippen LogP contribution >= 0.6 is 11.6 Å². The van der Waals surface area contributed by atoms with E-state index in [4.69, 9.17) is 16.3 Å². The van der Waals surface area contributed by atoms with Crippen molar-refractivity contribution in [3.63, 3.8) is 0 Å². The van der Waals surface area contributed by atoms with Gasteiger partial charge in [0, 0.05) is 36.2 Å². The number of aliphatic imine (C=N–C) groups is 1. The Hall–Kier alpha value is -3.06. The Labute approximate surface area is 205 Å². The number of ether oxygens (including phenoxy) is 1. The van der Waals surface area contributed by atoms with Crippen LogP contribution in [0.5, 0.6) is 0 Å². The number of likely N-dealkylation sites (tertiary alicyclic amines) is 1. The van der Waals surface area contributed by atoms with Crippen LogP contribution in [0.3, 0.4) is 0 Å². The lowest BCUT2D eigenvalue weighted by Gasteiger charge is -2.37. The van der Waals surface area contributed by atoms with E-state index in [2.05, 4.69) is 21.3 Å². The van der Waals surface area contributed by atoms with Crippen molar-refractivity contribution in [1.82, 2.24) is 15.1 Å². The predicted molar refractivity (Wildman–Crippen MR) is 124 cm³/mol. The summed E-state index contributed by atoms with van der Waals surface area (Å²) in [6.07, 6.45) is -2.46. The molecule has 0 radical (unpaired) electrons. The molecule has 1 amide bonds. The zero-order chi connectivity index (χ0) is 25.5. The van der Waals surface area contributed by atoms with Gasteiger partial charge >= 0.3 is 12.3 Å². The minimum absolute atomic E-state index is 0.137. The second kappa shape index (κ2) is 9.19. The largest absolute Gasteiger partial charge is 0.444 e. The molecule has 2 aliphatic rings. The summed E-state index contributed by atoms with van der Waals surface area (Å²) in [6.45, 7) is 6.23. The van der Waals surface area contributed by atoms with Crippen LogP contribution in [0.25, 0.3) is 0 Å². The highest BCUT2D eigenvalue weighted by atomic mass is 35.5. The lowest BCUT2D eigenvalue weighted by molar-refractivity contribution is -0.137. The van der Waals surface area contributed by atoms with Crippen LogP contribution in [0.1, 0.15) is 56.2 Å². The highest BCUT2D eigenvalue weighted by Gasteiger charge is 2.43. The van der Waals surface area contributed by atoms with Gasteiger partial charge in [-0.15, -0.1) is 0 Å². The maximum absolute atomic E-state index is 13.5. The van der Waals surface area contributed by atoms with E-state index >= 15 is 0 Å². The summed E-state index contributed by atoms with van der Waals surface area (Å²) in [7, 11) is 0. The first-order chi connectivity index (χ1) is 16.4. The fourth-order valence-corrected chi connectivity index (χ4v) is 5.03. The molecule has 2 aromatic rings. The predicted octanol–water partition coefficient (Wildman–Crippen LogP) is 6.09. The van der Waals surface area contributed by atoms with Gasteiger partial charge in [-0.25, -0.2) is 9.79 Å². The monoisotopic (exact) mass is 507 g/mol. The second-order valence-electron chi connectivity index (χ2n) is 9.74. The van der Waals surface area contributed by atoms with Gasteiger partial charge in [0.2, 0.25) is 0 Å². The van der Waals surface area contributed by atoms with Crippen molar-refractivity contribution in [2.75, 3.05) is 13.1 Å². The number of nitrogens with one attached hydrogen (secondary N) is 1. The fraction of sp³-hybridized carbons (Fsp3) is 0.500. The van der Waals surface area contributed by atoms with Gasteiger partial charge in [0.05, 0.1) is 28.8 Å². The van der Waals surface area contributed by atoms with Crippen molar-refractivity contribution in [3.05, 3.63) is 46.1 Å². The molecule has 4 rings (SSSR count). The number of amides is 1. The molecule has 1 saturated heterocycles. The molecule has 0 spiro atoms. The molecule has 35 heavy (non-hydrogen) atoms. The summed E-state index contributed by atoms with van der Waals surface area (Å²) in [5.41, 5.74) is -0.274. The van der Waals surface area contributed by atoms with Gasteiger partial charge < -0.3 is 9.64 Å². The molecule has 0 aliphatic carbocycles. The van der Waals surface area contributed by atoms with Gasteiger partial charge in [0.25, 0.3) is 0 Å². The summed E-state index contributed by atoms with van der Waals surface area (Å²) >= 11 is 6.26. The number of fused-ring (bicyclic) bond motifs is 1. The number of rotatable bonds is 2. The van der Waals surface area contributed by atoms with Gasteiger partial charge in [0.15, 0.2) is 5.82 Å². The van der Waals surface area contributed by atoms with E-state index in [0.717, 1.165) is 6.07 Å². The van der Waals surface area contributed by atoms with Crippen LogP contribution in [0.4, 0.5) is 23.8 Å². The summed E-state index contributed by atoms with van der Waals surface area (Å²) in [4.78, 5) is 18.7. The number of aromatic amines is 1. The van der Waals surface area contributed by atoms with E-state index in [1.807, 2.05) is 0 Å². The standard InChI is InChI=1S/C24H25ClF3N5O2/c1-23(2,3)35-22(34)33-9-7-13(8-10-33)20-15(11-29)18(16-12-30-32-21(16)31-20)14-5-4-6-17(19(14)25)24(26,27)28/h4-6,12-13,15,18H,7-10H2,1-3H3,(H,30,32). The maximum Gasteiger partial charge on any atom is 0.417 e. The quantitative estimate of drug-likeness (QED) is 0.532. The minimum Gasteiger partial charge on any atom is -0.444 e. The molecule has 186 valence electrons. The Morgan fingerprint density at radius 2 is 1.91 bits per heavy atom. The first-order valence-corrected chi connectivity index (χ1v) is 11.6. The number of hydrogen-bond acceptors (Lipinski definition) is 5. The number of nitrogens with zero attached hydrogens (tertiary/aromatic N) is 4. The summed E-state index contributed by atoms with van der Waals surface area (Å²) in [5.74, 6) is -1.33. The number of halogens is 4. The molecule has 11 heteroatoms. The lowest BCUT2D eigenvalue weighted by Crippen LogP contribution is -2.44. The zero-order valence-electron chi connectivity index (χ0n) is 19.5. The van der Waals surface area contributed by atoms with Gasteiger partial charge in [0.1, 0.15) is 5.60 Å². The topological polar surface area (TPSA) is 94.4 Å². The number of piperidine rings is 1. The van der Waals surface area contributed by atoms with Crippen molar-refractivity contribution in [2.45, 2.75) is 51.3 Å². The van der Waals surface area contributed by atoms with E-state index in [1.54, 1.807) is 25.7 Å². The molecule has 2 atom stereocenters. The van der Waals surface area contributed by atoms with E-state index in [9.17, 15) is 23.2 Å². The first-order valence-electron chi connectivity index (χ1n) is 11.3. The Bertz CT molecular complexity index is 1190. The zero-order valence-corrected chi connectivity index (χ0v) is 20.2. The number of hydrogen-bond donors (Lipinski definition) is 1. The van der Waals surface area contributed by atoms with Crippen molar-refractivity contribution < 1.29 is 22.7 Å². The number of H-pyrrole nitrogens is 1. The van der Waals surface area contributed by atoms with Crippen molar-refractivity contribution >= 4 is 29.2 Å². The number of benzene rings is 1. The summed E-state index contributed by atoms with van der Waals surface area (Å²) in [5, 5.41) is 16.5. The third kappa shape index (κ3) is 5.01. The average molecular weight is 508 g/mol. The Morgan fingerprint density at radius 1 is 1.23 bits per heavy atom. The van der Waals surface area contributed by atoms with E-state index < -0.39 is 40.3 Å². The molecule has 0 bridgehead atoms. The molecule has 3 heterocycles. The molecule has 1 aromatic heterocycles. The smallest absolute Gasteiger partial charge is 0.417 e. The van der Waals surface area contributed by atoms with Gasteiger partial charge in [-0.2, -0.15) is 23.5 Å². The van der Waals surface area contributed by atoms with Crippen LogP contribution in [-0.4, -0.2) is 45.6 Å². The number of nitriles is 1. The number of alkyl halides is 3. The highest BCUT2D eigenvalue weighted by molar-refractivity contribution is 6.32. The highest BCUT2D eigenvalue weighted by Crippen LogP contribution is 2.47. The van der Waals surface area contributed by atoms with Crippen LogP contribution < -0.4 is 0 Å².